The second-order valence-corrected chi connectivity index (χ2v) is 8.33. The van der Waals surface area contributed by atoms with Gasteiger partial charge in [-0.15, -0.1) is 0 Å². The Morgan fingerprint density at radius 1 is 1.21 bits per heavy atom. The molecule has 0 saturated carbocycles. The summed E-state index contributed by atoms with van der Waals surface area (Å²) in [4.78, 5) is 39.6. The first-order valence-electron chi connectivity index (χ1n) is 11.1. The molecule has 2 heterocycles. The molecule has 2 unspecified atom stereocenters. The molecule has 34 heavy (non-hydrogen) atoms. The zero-order valence-electron chi connectivity index (χ0n) is 19.8. The lowest BCUT2D eigenvalue weighted by atomic mass is 9.80. The van der Waals surface area contributed by atoms with Gasteiger partial charge in [-0.25, -0.2) is 9.59 Å². The van der Waals surface area contributed by atoms with Crippen LogP contribution in [0.5, 0.6) is 0 Å². The van der Waals surface area contributed by atoms with Gasteiger partial charge in [-0.2, -0.15) is 0 Å². The Morgan fingerprint density at radius 2 is 1.94 bits per heavy atom. The van der Waals surface area contributed by atoms with E-state index in [0.29, 0.717) is 35.1 Å². The van der Waals surface area contributed by atoms with Gasteiger partial charge in [0.1, 0.15) is 0 Å². The van der Waals surface area contributed by atoms with Crippen molar-refractivity contribution < 1.29 is 28.6 Å². The van der Waals surface area contributed by atoms with Crippen LogP contribution in [0.1, 0.15) is 32.3 Å². The van der Waals surface area contributed by atoms with Crippen molar-refractivity contribution in [3.63, 3.8) is 0 Å². The normalized spacial score (nSPS) is 20.5. The largest absolute Gasteiger partial charge is 0.466 e. The Kier molecular flexibility index (Phi) is 8.71. The summed E-state index contributed by atoms with van der Waals surface area (Å²) in [5.41, 5.74) is 2.06. The van der Waals surface area contributed by atoms with E-state index in [9.17, 15) is 14.4 Å². The molecule has 0 radical (unpaired) electrons. The van der Waals surface area contributed by atoms with Gasteiger partial charge in [-0.3, -0.25) is 10.1 Å². The molecule has 3 rings (SSSR count). The second kappa shape index (κ2) is 11.5. The van der Waals surface area contributed by atoms with Crippen LogP contribution in [0.3, 0.4) is 0 Å². The van der Waals surface area contributed by atoms with E-state index >= 15 is 0 Å². The van der Waals surface area contributed by atoms with Crippen molar-refractivity contribution in [2.24, 2.45) is 0 Å². The first-order valence-corrected chi connectivity index (χ1v) is 11.5. The molecule has 10 heteroatoms. The van der Waals surface area contributed by atoms with Gasteiger partial charge >= 0.3 is 11.9 Å². The number of methoxy groups -OCH3 is 1. The zero-order chi connectivity index (χ0) is 24.8. The maximum absolute atomic E-state index is 13.1. The molecule has 1 aromatic rings. The maximum atomic E-state index is 13.1. The molecule has 9 nitrogen and oxygen atoms in total. The van der Waals surface area contributed by atoms with Gasteiger partial charge in [-0.05, 0) is 32.4 Å². The molecule has 0 spiro atoms. The van der Waals surface area contributed by atoms with Crippen molar-refractivity contribution in [3.05, 3.63) is 57.4 Å². The highest BCUT2D eigenvalue weighted by molar-refractivity contribution is 6.31. The molecule has 0 bridgehead atoms. The summed E-state index contributed by atoms with van der Waals surface area (Å²) < 4.78 is 16.2. The molecule has 2 aliphatic rings. The molecule has 1 fully saturated rings. The lowest BCUT2D eigenvalue weighted by Crippen LogP contribution is -2.38. The molecule has 0 aromatic heterocycles. The molecule has 1 amide bonds. The molecule has 184 valence electrons. The van der Waals surface area contributed by atoms with Crippen LogP contribution in [0.25, 0.3) is 0 Å². The number of rotatable bonds is 9. The summed E-state index contributed by atoms with van der Waals surface area (Å²) in [7, 11) is 1.29. The Bertz CT molecular complexity index is 1020. The summed E-state index contributed by atoms with van der Waals surface area (Å²) in [6.45, 7) is 6.53. The average molecular weight is 492 g/mol. The van der Waals surface area contributed by atoms with E-state index in [1.165, 1.54) is 7.11 Å². The van der Waals surface area contributed by atoms with Gasteiger partial charge in [0, 0.05) is 17.3 Å². The fraction of sp³-hybridized carbons (Fsp3) is 0.458. The quantitative estimate of drug-likeness (QED) is 0.399. The van der Waals surface area contributed by atoms with Crippen LogP contribution >= 0.6 is 11.6 Å². The Hall–Kier alpha value is -2.88. The highest BCUT2D eigenvalue weighted by Crippen LogP contribution is 2.41. The summed E-state index contributed by atoms with van der Waals surface area (Å²) in [5.74, 6) is -1.95. The number of nitrogens with one attached hydrogen (secondary N) is 2. The van der Waals surface area contributed by atoms with E-state index in [-0.39, 0.29) is 43.0 Å². The standard InChI is InChI=1S/C24H30ClN3O6/c1-5-34-24(31)22-18(13-33-11-10-28-15(3)26-12-19(28)29)27-14(2)20(23(30)32-4)21(22)16-8-6-7-9-17(16)25/h6-9,15,21,26-27H,5,10-13H2,1-4H3. The average Bonchev–Trinajstić information content (AvgIpc) is 3.13. The molecule has 1 aromatic carbocycles. The van der Waals surface area contributed by atoms with Crippen LogP contribution < -0.4 is 10.6 Å². The van der Waals surface area contributed by atoms with Crippen LogP contribution in [0.15, 0.2) is 46.8 Å². The molecule has 0 aliphatic carbocycles. The summed E-state index contributed by atoms with van der Waals surface area (Å²) in [6.07, 6.45) is -0.0596. The maximum Gasteiger partial charge on any atom is 0.336 e. The van der Waals surface area contributed by atoms with E-state index in [2.05, 4.69) is 10.6 Å². The van der Waals surface area contributed by atoms with Gasteiger partial charge in [0.15, 0.2) is 0 Å². The van der Waals surface area contributed by atoms with Crippen LogP contribution in [-0.2, 0) is 28.6 Å². The van der Waals surface area contributed by atoms with Gasteiger partial charge < -0.3 is 24.4 Å². The van der Waals surface area contributed by atoms with Gasteiger partial charge in [0.25, 0.3) is 0 Å². The fourth-order valence-electron chi connectivity index (χ4n) is 4.18. The Balaban J connectivity index is 1.94. The van der Waals surface area contributed by atoms with E-state index in [1.54, 1.807) is 43.0 Å². The Morgan fingerprint density at radius 3 is 2.56 bits per heavy atom. The number of nitrogens with zero attached hydrogens (tertiary/aromatic N) is 1. The predicted octanol–water partition coefficient (Wildman–Crippen LogP) is 2.09. The number of hydrogen-bond donors (Lipinski definition) is 2. The number of ether oxygens (including phenoxy) is 3. The Labute approximate surface area is 204 Å². The van der Waals surface area contributed by atoms with Gasteiger partial charge in [-0.1, -0.05) is 29.8 Å². The molecule has 2 atom stereocenters. The van der Waals surface area contributed by atoms with Crippen molar-refractivity contribution in [2.45, 2.75) is 32.9 Å². The van der Waals surface area contributed by atoms with E-state index in [0.717, 1.165) is 0 Å². The van der Waals surface area contributed by atoms with E-state index in [1.807, 2.05) is 6.92 Å². The van der Waals surface area contributed by atoms with Crippen molar-refractivity contribution in [2.75, 3.05) is 40.0 Å². The molecule has 2 aliphatic heterocycles. The number of halogens is 1. The van der Waals surface area contributed by atoms with Crippen LogP contribution in [-0.4, -0.2) is 68.9 Å². The third-order valence-corrected chi connectivity index (χ3v) is 6.17. The summed E-state index contributed by atoms with van der Waals surface area (Å²) in [5, 5.41) is 6.61. The van der Waals surface area contributed by atoms with Crippen molar-refractivity contribution in [3.8, 4) is 0 Å². The first-order chi connectivity index (χ1) is 16.3. The van der Waals surface area contributed by atoms with Crippen LogP contribution in [0.4, 0.5) is 0 Å². The number of esters is 2. The van der Waals surface area contributed by atoms with Crippen molar-refractivity contribution in [1.29, 1.82) is 0 Å². The lowest BCUT2D eigenvalue weighted by molar-refractivity contribution is -0.139. The smallest absolute Gasteiger partial charge is 0.336 e. The predicted molar refractivity (Wildman–Crippen MR) is 126 cm³/mol. The third-order valence-electron chi connectivity index (χ3n) is 5.82. The lowest BCUT2D eigenvalue weighted by Gasteiger charge is -2.31. The highest BCUT2D eigenvalue weighted by Gasteiger charge is 2.39. The minimum atomic E-state index is -0.801. The first kappa shape index (κ1) is 25.7. The minimum absolute atomic E-state index is 0.0126. The molecule has 2 N–H and O–H groups in total. The van der Waals surface area contributed by atoms with Crippen molar-refractivity contribution in [1.82, 2.24) is 15.5 Å². The number of dihydropyridines is 1. The third kappa shape index (κ3) is 5.43. The van der Waals surface area contributed by atoms with Crippen molar-refractivity contribution >= 4 is 29.4 Å². The monoisotopic (exact) mass is 491 g/mol. The summed E-state index contributed by atoms with van der Waals surface area (Å²) >= 11 is 6.50. The summed E-state index contributed by atoms with van der Waals surface area (Å²) in [6, 6.07) is 7.02. The van der Waals surface area contributed by atoms with Crippen LogP contribution in [0.2, 0.25) is 5.02 Å². The SMILES string of the molecule is CCOC(=O)C1=C(COCCN2C(=O)CNC2C)NC(C)=C(C(=O)OC)C1c1ccccc1Cl. The van der Waals surface area contributed by atoms with Gasteiger partial charge in [0.2, 0.25) is 5.91 Å². The van der Waals surface area contributed by atoms with Crippen LogP contribution in [0, 0.1) is 0 Å². The molecule has 1 saturated heterocycles. The zero-order valence-corrected chi connectivity index (χ0v) is 20.5. The van der Waals surface area contributed by atoms with E-state index in [4.69, 9.17) is 25.8 Å². The fourth-order valence-corrected chi connectivity index (χ4v) is 4.42. The number of amides is 1. The number of hydrogen-bond acceptors (Lipinski definition) is 8. The number of allylic oxidation sites excluding steroid dienone is 1. The topological polar surface area (TPSA) is 106 Å². The number of carbonyl (C=O) groups excluding carboxylic acids is 3. The van der Waals surface area contributed by atoms with E-state index < -0.39 is 17.9 Å². The number of carbonyl (C=O) groups is 3. The highest BCUT2D eigenvalue weighted by atomic mass is 35.5. The second-order valence-electron chi connectivity index (χ2n) is 7.92. The van der Waals surface area contributed by atoms with Gasteiger partial charge in [0.05, 0.1) is 62.4 Å². The number of benzene rings is 1. The molecular weight excluding hydrogens is 462 g/mol. The molecular formula is C24H30ClN3O6. The minimum Gasteiger partial charge on any atom is -0.466 e.